The van der Waals surface area contributed by atoms with Gasteiger partial charge in [0.2, 0.25) is 0 Å². The van der Waals surface area contributed by atoms with Gasteiger partial charge >= 0.3 is 0 Å². The lowest BCUT2D eigenvalue weighted by atomic mass is 9.97. The summed E-state index contributed by atoms with van der Waals surface area (Å²) in [5, 5.41) is 40.3. The van der Waals surface area contributed by atoms with E-state index in [0.717, 1.165) is 0 Å². The molecule has 82 valence electrons. The molecule has 0 unspecified atom stereocenters. The zero-order valence-corrected chi connectivity index (χ0v) is 7.93. The standard InChI is InChI=1S/C5H12O2.C2H7NO3/c1-5(2,3-6)4-7;3-1-2(4,5)6/h6-7H,3-4H2,1-2H3;4-6H,1,3H2. The Labute approximate surface area is 77.2 Å². The van der Waals surface area contributed by atoms with E-state index in [1.807, 2.05) is 0 Å². The lowest BCUT2D eigenvalue weighted by Gasteiger charge is -2.16. The zero-order valence-electron chi connectivity index (χ0n) is 7.93. The third-order valence-corrected chi connectivity index (χ3v) is 1.13. The predicted octanol–water partition coefficient (Wildman–Crippen LogP) is -2.43. The van der Waals surface area contributed by atoms with E-state index in [2.05, 4.69) is 5.73 Å². The van der Waals surface area contributed by atoms with Gasteiger partial charge in [-0.3, -0.25) is 0 Å². The Morgan fingerprint density at radius 1 is 1.00 bits per heavy atom. The number of hydrogen-bond acceptors (Lipinski definition) is 6. The van der Waals surface area contributed by atoms with Crippen molar-refractivity contribution in [1.29, 1.82) is 0 Å². The van der Waals surface area contributed by atoms with Crippen LogP contribution in [0.5, 0.6) is 0 Å². The Morgan fingerprint density at radius 2 is 1.23 bits per heavy atom. The normalized spacial score (nSPS) is 12.0. The molecule has 0 aliphatic rings. The molecule has 0 bridgehead atoms. The molecule has 0 saturated heterocycles. The van der Waals surface area contributed by atoms with Crippen molar-refractivity contribution in [2.75, 3.05) is 19.8 Å². The van der Waals surface area contributed by atoms with Crippen LogP contribution in [-0.4, -0.2) is 51.3 Å². The lowest BCUT2D eigenvalue weighted by molar-refractivity contribution is -0.302. The van der Waals surface area contributed by atoms with Crippen LogP contribution in [0, 0.1) is 5.41 Å². The van der Waals surface area contributed by atoms with E-state index in [1.54, 1.807) is 13.8 Å². The molecule has 0 aliphatic heterocycles. The van der Waals surface area contributed by atoms with Crippen molar-refractivity contribution in [3.05, 3.63) is 0 Å². The SMILES string of the molecule is CC(C)(CO)CO.NCC(O)(O)O. The Balaban J connectivity index is 0. The van der Waals surface area contributed by atoms with Gasteiger partial charge in [-0.05, 0) is 0 Å². The van der Waals surface area contributed by atoms with Gasteiger partial charge in [0.15, 0.2) is 0 Å². The van der Waals surface area contributed by atoms with Gasteiger partial charge in [0, 0.05) is 5.41 Å². The first-order chi connectivity index (χ1) is 5.68. The van der Waals surface area contributed by atoms with Gasteiger partial charge in [0.25, 0.3) is 5.97 Å². The minimum Gasteiger partial charge on any atom is -0.396 e. The first-order valence-electron chi connectivity index (χ1n) is 3.77. The molecule has 0 fully saturated rings. The van der Waals surface area contributed by atoms with Gasteiger partial charge in [0.1, 0.15) is 0 Å². The molecule has 13 heavy (non-hydrogen) atoms. The number of aliphatic hydroxyl groups is 5. The summed E-state index contributed by atoms with van der Waals surface area (Å²) >= 11 is 0. The van der Waals surface area contributed by atoms with Crippen molar-refractivity contribution < 1.29 is 25.5 Å². The molecule has 0 rings (SSSR count). The average molecular weight is 197 g/mol. The molecule has 0 heterocycles. The minimum absolute atomic E-state index is 0.0451. The second-order valence-electron chi connectivity index (χ2n) is 3.46. The minimum atomic E-state index is -2.68. The topological polar surface area (TPSA) is 127 Å². The van der Waals surface area contributed by atoms with Crippen molar-refractivity contribution in [2.24, 2.45) is 11.1 Å². The highest BCUT2D eigenvalue weighted by Crippen LogP contribution is 2.10. The maximum Gasteiger partial charge on any atom is 0.288 e. The smallest absolute Gasteiger partial charge is 0.288 e. The Kier molecular flexibility index (Phi) is 7.33. The molecule has 0 aliphatic carbocycles. The van der Waals surface area contributed by atoms with Crippen LogP contribution in [0.25, 0.3) is 0 Å². The third-order valence-electron chi connectivity index (χ3n) is 1.13. The molecule has 7 N–H and O–H groups in total. The molecule has 0 aromatic carbocycles. The summed E-state index contributed by atoms with van der Waals surface area (Å²) in [4.78, 5) is 0. The number of aliphatic hydroxyl groups excluding tert-OH is 2. The van der Waals surface area contributed by atoms with Crippen molar-refractivity contribution in [1.82, 2.24) is 0 Å². The van der Waals surface area contributed by atoms with Gasteiger partial charge in [-0.15, -0.1) is 0 Å². The summed E-state index contributed by atoms with van der Waals surface area (Å²) in [6.45, 7) is 3.12. The highest BCUT2D eigenvalue weighted by molar-refractivity contribution is 4.62. The molecule has 6 heteroatoms. The van der Waals surface area contributed by atoms with Crippen LogP contribution >= 0.6 is 0 Å². The molecule has 0 amide bonds. The van der Waals surface area contributed by atoms with E-state index in [1.165, 1.54) is 0 Å². The Morgan fingerprint density at radius 3 is 1.23 bits per heavy atom. The summed E-state index contributed by atoms with van der Waals surface area (Å²) in [6.07, 6.45) is 0. The van der Waals surface area contributed by atoms with Gasteiger partial charge in [-0.2, -0.15) is 0 Å². The largest absolute Gasteiger partial charge is 0.396 e. The Bertz CT molecular complexity index is 115. The highest BCUT2D eigenvalue weighted by atomic mass is 16.7. The van der Waals surface area contributed by atoms with Gasteiger partial charge < -0.3 is 31.3 Å². The maximum absolute atomic E-state index is 8.43. The summed E-state index contributed by atoms with van der Waals surface area (Å²) < 4.78 is 0. The monoisotopic (exact) mass is 197 g/mol. The molecule has 0 saturated carbocycles. The van der Waals surface area contributed by atoms with Crippen LogP contribution in [0.4, 0.5) is 0 Å². The van der Waals surface area contributed by atoms with Crippen LogP contribution < -0.4 is 5.73 Å². The summed E-state index contributed by atoms with van der Waals surface area (Å²) in [7, 11) is 0. The van der Waals surface area contributed by atoms with E-state index < -0.39 is 12.5 Å². The summed E-state index contributed by atoms with van der Waals surface area (Å²) in [6, 6.07) is 0. The molecule has 6 nitrogen and oxygen atoms in total. The van der Waals surface area contributed by atoms with Crippen LogP contribution in [0.1, 0.15) is 13.8 Å². The van der Waals surface area contributed by atoms with Crippen LogP contribution in [0.3, 0.4) is 0 Å². The van der Waals surface area contributed by atoms with Gasteiger partial charge in [-0.25, -0.2) is 0 Å². The second kappa shape index (κ2) is 6.25. The molecule has 0 radical (unpaired) electrons. The average Bonchev–Trinajstić information content (AvgIpc) is 2.04. The first-order valence-corrected chi connectivity index (χ1v) is 3.77. The molecular weight excluding hydrogens is 178 g/mol. The molecular formula is C7H19NO5. The quantitative estimate of drug-likeness (QED) is 0.279. The number of rotatable bonds is 3. The van der Waals surface area contributed by atoms with Crippen molar-refractivity contribution in [3.8, 4) is 0 Å². The molecule has 0 spiro atoms. The van der Waals surface area contributed by atoms with Gasteiger partial charge in [-0.1, -0.05) is 13.8 Å². The van der Waals surface area contributed by atoms with Crippen LogP contribution in [-0.2, 0) is 0 Å². The Hall–Kier alpha value is -0.240. The van der Waals surface area contributed by atoms with Crippen molar-refractivity contribution >= 4 is 0 Å². The van der Waals surface area contributed by atoms with E-state index in [4.69, 9.17) is 25.5 Å². The van der Waals surface area contributed by atoms with Crippen LogP contribution in [0.2, 0.25) is 0 Å². The first kappa shape index (κ1) is 15.2. The summed E-state index contributed by atoms with van der Waals surface area (Å²) in [5.41, 5.74) is 4.25. The zero-order chi connectivity index (χ0) is 11.1. The maximum atomic E-state index is 8.43. The number of hydrogen-bond donors (Lipinski definition) is 6. The highest BCUT2D eigenvalue weighted by Gasteiger charge is 2.13. The predicted molar refractivity (Wildman–Crippen MR) is 46.4 cm³/mol. The molecule has 0 aromatic rings. The van der Waals surface area contributed by atoms with Crippen LogP contribution in [0.15, 0.2) is 0 Å². The fourth-order valence-corrected chi connectivity index (χ4v) is 0.0500. The van der Waals surface area contributed by atoms with Gasteiger partial charge in [0.05, 0.1) is 19.8 Å². The second-order valence-corrected chi connectivity index (χ2v) is 3.46. The summed E-state index contributed by atoms with van der Waals surface area (Å²) in [5.74, 6) is -2.68. The fraction of sp³-hybridized carbons (Fsp3) is 1.00. The van der Waals surface area contributed by atoms with E-state index in [0.29, 0.717) is 0 Å². The van der Waals surface area contributed by atoms with E-state index in [9.17, 15) is 0 Å². The fourth-order valence-electron chi connectivity index (χ4n) is 0.0500. The van der Waals surface area contributed by atoms with Crippen molar-refractivity contribution in [2.45, 2.75) is 19.8 Å². The number of nitrogens with two attached hydrogens (primary N) is 1. The van der Waals surface area contributed by atoms with E-state index >= 15 is 0 Å². The lowest BCUT2D eigenvalue weighted by Crippen LogP contribution is -2.36. The third kappa shape index (κ3) is 14.6. The van der Waals surface area contributed by atoms with E-state index in [-0.39, 0.29) is 18.6 Å². The molecule has 0 aromatic heterocycles. The van der Waals surface area contributed by atoms with Crippen molar-refractivity contribution in [3.63, 3.8) is 0 Å². The molecule has 0 atom stereocenters.